The Hall–Kier alpha value is -2.89. The molecule has 0 aromatic heterocycles. The van der Waals surface area contributed by atoms with Crippen LogP contribution in [0.3, 0.4) is 0 Å². The molecule has 0 unspecified atom stereocenters. The van der Waals surface area contributed by atoms with E-state index in [0.29, 0.717) is 18.2 Å². The molecule has 0 aliphatic heterocycles. The summed E-state index contributed by atoms with van der Waals surface area (Å²) in [7, 11) is 3.92. The first-order valence-corrected chi connectivity index (χ1v) is 10.8. The summed E-state index contributed by atoms with van der Waals surface area (Å²) in [4.78, 5) is 29.6. The first-order valence-electron chi connectivity index (χ1n) is 10.8. The lowest BCUT2D eigenvalue weighted by atomic mass is 10.0. The molecule has 6 heteroatoms. The van der Waals surface area contributed by atoms with E-state index >= 15 is 0 Å². The second-order valence-corrected chi connectivity index (χ2v) is 8.93. The third kappa shape index (κ3) is 5.63. The van der Waals surface area contributed by atoms with Gasteiger partial charge in [-0.15, -0.1) is 0 Å². The molecule has 0 saturated heterocycles. The van der Waals surface area contributed by atoms with Crippen molar-refractivity contribution >= 4 is 23.2 Å². The molecule has 3 rings (SSSR count). The summed E-state index contributed by atoms with van der Waals surface area (Å²) in [5.41, 5.74) is 2.83. The molecule has 1 aliphatic carbocycles. The van der Waals surface area contributed by atoms with Gasteiger partial charge in [-0.2, -0.15) is 0 Å². The van der Waals surface area contributed by atoms with Crippen LogP contribution in [0.2, 0.25) is 0 Å². The molecule has 31 heavy (non-hydrogen) atoms. The molecular formula is C25H32FN3O2. The summed E-state index contributed by atoms with van der Waals surface area (Å²) < 4.78 is 13.5. The van der Waals surface area contributed by atoms with Crippen LogP contribution < -0.4 is 10.2 Å². The van der Waals surface area contributed by atoms with Crippen molar-refractivity contribution in [2.24, 2.45) is 11.8 Å². The number of benzene rings is 2. The summed E-state index contributed by atoms with van der Waals surface area (Å²) >= 11 is 0. The highest BCUT2D eigenvalue weighted by Gasteiger charge is 2.36. The number of nitrogens with one attached hydrogen (secondary N) is 1. The monoisotopic (exact) mass is 425 g/mol. The number of carbonyl (C=O) groups is 2. The zero-order chi connectivity index (χ0) is 22.7. The van der Waals surface area contributed by atoms with E-state index in [4.69, 9.17) is 0 Å². The molecular weight excluding hydrogens is 393 g/mol. The van der Waals surface area contributed by atoms with E-state index in [9.17, 15) is 14.0 Å². The summed E-state index contributed by atoms with van der Waals surface area (Å²) in [5.74, 6) is -0.140. The average Bonchev–Trinajstić information content (AvgIpc) is 3.56. The maximum absolute atomic E-state index is 13.5. The van der Waals surface area contributed by atoms with E-state index < -0.39 is 5.82 Å². The summed E-state index contributed by atoms with van der Waals surface area (Å²) in [6, 6.07) is 11.4. The van der Waals surface area contributed by atoms with Gasteiger partial charge in [-0.05, 0) is 67.6 Å². The van der Waals surface area contributed by atoms with Gasteiger partial charge in [-0.25, -0.2) is 4.39 Å². The number of carbonyl (C=O) groups excluding carboxylic acids is 2. The van der Waals surface area contributed by atoms with Gasteiger partial charge in [-0.3, -0.25) is 9.59 Å². The molecule has 5 nitrogen and oxygen atoms in total. The van der Waals surface area contributed by atoms with Crippen LogP contribution in [0.15, 0.2) is 42.5 Å². The zero-order valence-corrected chi connectivity index (χ0v) is 19.0. The maximum Gasteiger partial charge on any atom is 0.255 e. The number of halogens is 1. The van der Waals surface area contributed by atoms with Crippen LogP contribution in [0.25, 0.3) is 0 Å². The van der Waals surface area contributed by atoms with Gasteiger partial charge in [-0.1, -0.05) is 19.9 Å². The van der Waals surface area contributed by atoms with Gasteiger partial charge in [0.25, 0.3) is 5.91 Å². The van der Waals surface area contributed by atoms with Gasteiger partial charge < -0.3 is 15.1 Å². The van der Waals surface area contributed by atoms with Crippen molar-refractivity contribution in [3.63, 3.8) is 0 Å². The molecule has 0 bridgehead atoms. The smallest absolute Gasteiger partial charge is 0.255 e. The predicted molar refractivity (Wildman–Crippen MR) is 123 cm³/mol. The number of rotatable bonds is 8. The number of amides is 2. The maximum atomic E-state index is 13.5. The zero-order valence-electron chi connectivity index (χ0n) is 19.0. The predicted octanol–water partition coefficient (Wildman–Crippen LogP) is 4.93. The minimum absolute atomic E-state index is 0.105. The van der Waals surface area contributed by atoms with E-state index in [1.165, 1.54) is 18.2 Å². The number of anilines is 2. The van der Waals surface area contributed by atoms with Gasteiger partial charge >= 0.3 is 0 Å². The van der Waals surface area contributed by atoms with Crippen molar-refractivity contribution in [2.75, 3.05) is 24.3 Å². The van der Waals surface area contributed by atoms with Crippen molar-refractivity contribution in [1.29, 1.82) is 0 Å². The number of hydrogen-bond donors (Lipinski definition) is 1. The van der Waals surface area contributed by atoms with Crippen LogP contribution >= 0.6 is 0 Å². The van der Waals surface area contributed by atoms with Gasteiger partial charge in [0.05, 0.1) is 0 Å². The molecule has 2 aromatic rings. The summed E-state index contributed by atoms with van der Waals surface area (Å²) in [5, 5.41) is 2.85. The largest absolute Gasteiger partial charge is 0.377 e. The SMILES string of the molecule is CC(C)[C@H](C)N(Cc1cc(NC(=O)c2cccc(F)c2)ccc1N(C)C)C(=O)C1CC1. The minimum Gasteiger partial charge on any atom is -0.377 e. The van der Waals surface area contributed by atoms with E-state index in [1.54, 1.807) is 6.07 Å². The third-order valence-corrected chi connectivity index (χ3v) is 5.91. The highest BCUT2D eigenvalue weighted by Crippen LogP contribution is 2.34. The number of nitrogens with zero attached hydrogens (tertiary/aromatic N) is 2. The Balaban J connectivity index is 1.88. The van der Waals surface area contributed by atoms with Gasteiger partial charge in [0, 0.05) is 49.5 Å². The van der Waals surface area contributed by atoms with Crippen LogP contribution in [0.1, 0.15) is 49.5 Å². The third-order valence-electron chi connectivity index (χ3n) is 5.91. The van der Waals surface area contributed by atoms with Crippen LogP contribution in [0.5, 0.6) is 0 Å². The lowest BCUT2D eigenvalue weighted by Gasteiger charge is -2.33. The Bertz CT molecular complexity index is 954. The summed E-state index contributed by atoms with van der Waals surface area (Å²) in [6.45, 7) is 6.82. The Morgan fingerprint density at radius 2 is 1.81 bits per heavy atom. The molecule has 2 amide bonds. The van der Waals surface area contributed by atoms with Crippen LogP contribution in [-0.2, 0) is 11.3 Å². The molecule has 1 aliphatic rings. The van der Waals surface area contributed by atoms with Crippen molar-refractivity contribution in [3.05, 3.63) is 59.4 Å². The first-order chi connectivity index (χ1) is 14.7. The average molecular weight is 426 g/mol. The van der Waals surface area contributed by atoms with E-state index in [-0.39, 0.29) is 29.3 Å². The number of hydrogen-bond acceptors (Lipinski definition) is 3. The molecule has 2 aromatic carbocycles. The van der Waals surface area contributed by atoms with Crippen molar-refractivity contribution < 1.29 is 14.0 Å². The molecule has 1 saturated carbocycles. The fourth-order valence-electron chi connectivity index (χ4n) is 3.59. The first kappa shape index (κ1) is 22.8. The van der Waals surface area contributed by atoms with Crippen LogP contribution in [0, 0.1) is 17.7 Å². The Labute approximate surface area is 184 Å². The highest BCUT2D eigenvalue weighted by molar-refractivity contribution is 6.04. The minimum atomic E-state index is -0.451. The van der Waals surface area contributed by atoms with E-state index in [0.717, 1.165) is 24.1 Å². The van der Waals surface area contributed by atoms with Gasteiger partial charge in [0.15, 0.2) is 0 Å². The highest BCUT2D eigenvalue weighted by atomic mass is 19.1. The molecule has 0 heterocycles. The van der Waals surface area contributed by atoms with Crippen LogP contribution in [-0.4, -0.2) is 36.9 Å². The quantitative estimate of drug-likeness (QED) is 0.653. The topological polar surface area (TPSA) is 52.7 Å². The van der Waals surface area contributed by atoms with Crippen molar-refractivity contribution in [3.8, 4) is 0 Å². The van der Waals surface area contributed by atoms with E-state index in [1.807, 2.05) is 42.1 Å². The Morgan fingerprint density at radius 1 is 1.10 bits per heavy atom. The lowest BCUT2D eigenvalue weighted by molar-refractivity contribution is -0.136. The van der Waals surface area contributed by atoms with Crippen molar-refractivity contribution in [1.82, 2.24) is 4.90 Å². The Morgan fingerprint density at radius 3 is 2.39 bits per heavy atom. The molecule has 166 valence electrons. The van der Waals surface area contributed by atoms with Crippen LogP contribution in [0.4, 0.5) is 15.8 Å². The molecule has 0 radical (unpaired) electrons. The fraction of sp³-hybridized carbons (Fsp3) is 0.440. The molecule has 1 N–H and O–H groups in total. The van der Waals surface area contributed by atoms with Gasteiger partial charge in [0.2, 0.25) is 5.91 Å². The molecule has 1 fully saturated rings. The Kier molecular flexibility index (Phi) is 6.98. The standard InChI is InChI=1S/C25H32FN3O2/c1-16(2)17(3)29(25(31)18-9-10-18)15-20-14-22(11-12-23(20)28(4)5)27-24(30)19-7-6-8-21(26)13-19/h6-8,11-14,16-18H,9-10,15H2,1-5H3,(H,27,30)/t17-/m0/s1. The second-order valence-electron chi connectivity index (χ2n) is 8.93. The van der Waals surface area contributed by atoms with Crippen molar-refractivity contribution in [2.45, 2.75) is 46.2 Å². The fourth-order valence-corrected chi connectivity index (χ4v) is 3.59. The summed E-state index contributed by atoms with van der Waals surface area (Å²) in [6.07, 6.45) is 1.93. The lowest BCUT2D eigenvalue weighted by Crippen LogP contribution is -2.42. The molecule has 1 atom stereocenters. The normalized spacial score (nSPS) is 14.3. The van der Waals surface area contributed by atoms with Gasteiger partial charge in [0.1, 0.15) is 5.82 Å². The second kappa shape index (κ2) is 9.50. The van der Waals surface area contributed by atoms with E-state index in [2.05, 4.69) is 26.1 Å². The molecule has 0 spiro atoms.